The standard InChI is InChI=1S/C15H14BrNO3/c1-10-8-12(16)6-7-13(10)15(18)9-11-4-2-3-5-14(11)17(19)20/h2-8,15,18H,9H2,1H3. The van der Waals surface area contributed by atoms with E-state index in [-0.39, 0.29) is 12.1 Å². The van der Waals surface area contributed by atoms with Gasteiger partial charge >= 0.3 is 0 Å². The van der Waals surface area contributed by atoms with Crippen molar-refractivity contribution in [3.8, 4) is 0 Å². The van der Waals surface area contributed by atoms with Crippen LogP contribution in [0.15, 0.2) is 46.9 Å². The van der Waals surface area contributed by atoms with E-state index in [0.717, 1.165) is 15.6 Å². The molecule has 1 atom stereocenters. The number of para-hydroxylation sites is 1. The van der Waals surface area contributed by atoms with Crippen molar-refractivity contribution in [3.63, 3.8) is 0 Å². The van der Waals surface area contributed by atoms with Crippen molar-refractivity contribution < 1.29 is 10.0 Å². The van der Waals surface area contributed by atoms with E-state index in [9.17, 15) is 15.2 Å². The fraction of sp³-hybridized carbons (Fsp3) is 0.200. The third-order valence-corrected chi connectivity index (χ3v) is 3.69. The molecule has 5 heteroatoms. The molecule has 2 aromatic rings. The van der Waals surface area contributed by atoms with E-state index in [1.165, 1.54) is 6.07 Å². The molecule has 4 nitrogen and oxygen atoms in total. The van der Waals surface area contributed by atoms with Gasteiger partial charge in [0.2, 0.25) is 0 Å². The molecule has 0 bridgehead atoms. The largest absolute Gasteiger partial charge is 0.388 e. The molecule has 0 aromatic heterocycles. The number of aryl methyl sites for hydroxylation is 1. The average Bonchev–Trinajstić information content (AvgIpc) is 2.38. The highest BCUT2D eigenvalue weighted by molar-refractivity contribution is 9.10. The molecular formula is C15H14BrNO3. The summed E-state index contributed by atoms with van der Waals surface area (Å²) in [5.74, 6) is 0. The van der Waals surface area contributed by atoms with Gasteiger partial charge in [0.1, 0.15) is 0 Å². The quantitative estimate of drug-likeness (QED) is 0.679. The first-order valence-electron chi connectivity index (χ1n) is 6.15. The van der Waals surface area contributed by atoms with Crippen LogP contribution in [-0.2, 0) is 6.42 Å². The molecule has 2 rings (SSSR count). The van der Waals surface area contributed by atoms with Gasteiger partial charge in [0.05, 0.1) is 11.0 Å². The molecule has 0 fully saturated rings. The lowest BCUT2D eigenvalue weighted by Gasteiger charge is -2.14. The molecule has 1 unspecified atom stereocenters. The average molecular weight is 336 g/mol. The first kappa shape index (κ1) is 14.7. The van der Waals surface area contributed by atoms with Crippen molar-refractivity contribution >= 4 is 21.6 Å². The van der Waals surface area contributed by atoms with Crippen LogP contribution in [0.1, 0.15) is 22.8 Å². The highest BCUT2D eigenvalue weighted by Crippen LogP contribution is 2.27. The maximum absolute atomic E-state index is 11.0. The van der Waals surface area contributed by atoms with Gasteiger partial charge in [-0.05, 0) is 30.2 Å². The van der Waals surface area contributed by atoms with Gasteiger partial charge in [-0.3, -0.25) is 10.1 Å². The SMILES string of the molecule is Cc1cc(Br)ccc1C(O)Cc1ccccc1[N+](=O)[O-]. The Labute approximate surface area is 125 Å². The summed E-state index contributed by atoms with van der Waals surface area (Å²) in [6.45, 7) is 1.91. The Bertz CT molecular complexity index is 643. The summed E-state index contributed by atoms with van der Waals surface area (Å²) in [5.41, 5.74) is 2.31. The number of hydrogen-bond donors (Lipinski definition) is 1. The lowest BCUT2D eigenvalue weighted by atomic mass is 9.97. The van der Waals surface area contributed by atoms with Crippen LogP contribution in [-0.4, -0.2) is 10.0 Å². The third kappa shape index (κ3) is 3.23. The van der Waals surface area contributed by atoms with E-state index in [4.69, 9.17) is 0 Å². The Morgan fingerprint density at radius 3 is 2.65 bits per heavy atom. The van der Waals surface area contributed by atoms with Crippen molar-refractivity contribution in [2.75, 3.05) is 0 Å². The number of rotatable bonds is 4. The molecule has 0 radical (unpaired) electrons. The van der Waals surface area contributed by atoms with Gasteiger partial charge in [-0.25, -0.2) is 0 Å². The maximum Gasteiger partial charge on any atom is 0.272 e. The summed E-state index contributed by atoms with van der Waals surface area (Å²) in [4.78, 5) is 10.5. The van der Waals surface area contributed by atoms with Crippen molar-refractivity contribution in [2.24, 2.45) is 0 Å². The molecule has 20 heavy (non-hydrogen) atoms. The van der Waals surface area contributed by atoms with Gasteiger partial charge in [-0.1, -0.05) is 40.2 Å². The highest BCUT2D eigenvalue weighted by Gasteiger charge is 2.18. The first-order chi connectivity index (χ1) is 9.49. The van der Waals surface area contributed by atoms with Crippen molar-refractivity contribution in [1.29, 1.82) is 0 Å². The van der Waals surface area contributed by atoms with Crippen LogP contribution < -0.4 is 0 Å². The van der Waals surface area contributed by atoms with E-state index in [2.05, 4.69) is 15.9 Å². The van der Waals surface area contributed by atoms with Gasteiger partial charge in [-0.2, -0.15) is 0 Å². The zero-order valence-electron chi connectivity index (χ0n) is 10.9. The Morgan fingerprint density at radius 2 is 2.00 bits per heavy atom. The van der Waals surface area contributed by atoms with E-state index in [1.807, 2.05) is 25.1 Å². The van der Waals surface area contributed by atoms with Crippen LogP contribution in [0.5, 0.6) is 0 Å². The molecule has 0 saturated carbocycles. The monoisotopic (exact) mass is 335 g/mol. The topological polar surface area (TPSA) is 63.4 Å². The Hall–Kier alpha value is -1.72. The van der Waals surface area contributed by atoms with E-state index >= 15 is 0 Å². The second-order valence-electron chi connectivity index (χ2n) is 4.61. The number of nitro groups is 1. The summed E-state index contributed by atoms with van der Waals surface area (Å²) in [5, 5.41) is 21.3. The second kappa shape index (κ2) is 6.15. The van der Waals surface area contributed by atoms with Crippen LogP contribution in [0.4, 0.5) is 5.69 Å². The molecule has 0 aliphatic carbocycles. The second-order valence-corrected chi connectivity index (χ2v) is 5.52. The molecule has 1 N–H and O–H groups in total. The Morgan fingerprint density at radius 1 is 1.30 bits per heavy atom. The minimum absolute atomic E-state index is 0.0429. The van der Waals surface area contributed by atoms with E-state index in [1.54, 1.807) is 18.2 Å². The molecule has 104 valence electrons. The van der Waals surface area contributed by atoms with Crippen molar-refractivity contribution in [2.45, 2.75) is 19.4 Å². The predicted octanol–water partition coefficient (Wildman–Crippen LogP) is 3.94. The summed E-state index contributed by atoms with van der Waals surface area (Å²) >= 11 is 3.37. The number of halogens is 1. The Balaban J connectivity index is 2.28. The minimum Gasteiger partial charge on any atom is -0.388 e. The van der Waals surface area contributed by atoms with Crippen LogP contribution in [0.25, 0.3) is 0 Å². The normalized spacial score (nSPS) is 12.2. The highest BCUT2D eigenvalue weighted by atomic mass is 79.9. The lowest BCUT2D eigenvalue weighted by molar-refractivity contribution is -0.385. The number of aliphatic hydroxyl groups excluding tert-OH is 1. The smallest absolute Gasteiger partial charge is 0.272 e. The zero-order chi connectivity index (χ0) is 14.7. The summed E-state index contributed by atoms with van der Waals surface area (Å²) in [6.07, 6.45) is -0.538. The molecule has 2 aromatic carbocycles. The molecule has 0 aliphatic heterocycles. The molecular weight excluding hydrogens is 322 g/mol. The lowest BCUT2D eigenvalue weighted by Crippen LogP contribution is -2.06. The van der Waals surface area contributed by atoms with E-state index in [0.29, 0.717) is 5.56 Å². The first-order valence-corrected chi connectivity index (χ1v) is 6.94. The number of aliphatic hydroxyl groups is 1. The Kier molecular flexibility index (Phi) is 4.52. The van der Waals surface area contributed by atoms with Gasteiger partial charge in [0.25, 0.3) is 5.69 Å². The van der Waals surface area contributed by atoms with Gasteiger partial charge in [0, 0.05) is 22.5 Å². The molecule has 0 spiro atoms. The minimum atomic E-state index is -0.760. The summed E-state index contributed by atoms with van der Waals surface area (Å²) in [7, 11) is 0. The number of hydrogen-bond acceptors (Lipinski definition) is 3. The van der Waals surface area contributed by atoms with Crippen LogP contribution in [0, 0.1) is 17.0 Å². The fourth-order valence-corrected chi connectivity index (χ4v) is 2.67. The van der Waals surface area contributed by atoms with Crippen molar-refractivity contribution in [1.82, 2.24) is 0 Å². The molecule has 0 amide bonds. The van der Waals surface area contributed by atoms with E-state index < -0.39 is 11.0 Å². The zero-order valence-corrected chi connectivity index (χ0v) is 12.5. The van der Waals surface area contributed by atoms with Crippen molar-refractivity contribution in [3.05, 3.63) is 73.7 Å². The maximum atomic E-state index is 11.0. The number of nitro benzene ring substituents is 1. The van der Waals surface area contributed by atoms with Crippen LogP contribution >= 0.6 is 15.9 Å². The van der Waals surface area contributed by atoms with Crippen LogP contribution in [0.2, 0.25) is 0 Å². The fourth-order valence-electron chi connectivity index (χ4n) is 2.19. The summed E-state index contributed by atoms with van der Waals surface area (Å²) < 4.78 is 0.941. The molecule has 0 heterocycles. The summed E-state index contributed by atoms with van der Waals surface area (Å²) in [6, 6.07) is 12.1. The number of nitrogens with zero attached hydrogens (tertiary/aromatic N) is 1. The molecule has 0 aliphatic rings. The van der Waals surface area contributed by atoms with Gasteiger partial charge in [-0.15, -0.1) is 0 Å². The molecule has 0 saturated heterocycles. The third-order valence-electron chi connectivity index (χ3n) is 3.19. The number of benzene rings is 2. The van der Waals surface area contributed by atoms with Crippen LogP contribution in [0.3, 0.4) is 0 Å². The van der Waals surface area contributed by atoms with Gasteiger partial charge < -0.3 is 5.11 Å². The van der Waals surface area contributed by atoms with Gasteiger partial charge in [0.15, 0.2) is 0 Å². The predicted molar refractivity (Wildman–Crippen MR) is 80.6 cm³/mol.